The number of unbranched alkanes of at least 4 members (excludes halogenated alkanes) is 10. The molecule has 0 aliphatic heterocycles. The standard InChI is InChI=1S/C80H124NO8P/c1-6-8-10-12-14-16-18-20-22-24-26-28-30-32-34-36-37-38-39-40-41-42-43-45-47-49-51-53-55-57-59-61-63-65-67-69-71-73-80(83)89-78(77-88-90(84,85)87-75-74-81(3,4)5)76-86-79(82)72-70-68-66-64-62-60-58-56-54-52-50-48-46-44-35-33-31-29-27-25-23-21-19-17-15-13-11-9-7-2/h8-11,14-17,20-23,26-29,32-35,37-38,40-41,43,45-46,48-49,51-52,54-55,57,61,63,78H,6-7,12-13,18-19,24-25,30-31,36,39,42,44,47,50,53,56,58-60,62,64-77H2,1-5H3/b10-8-,11-9-,16-14-,17-15-,22-20-,23-21-,28-26-,29-27-,34-32-,35-33-,38-37-,41-40-,45-43-,48-46-,51-49-,54-52-,57-55-,63-61-. The summed E-state index contributed by atoms with van der Waals surface area (Å²) in [5.74, 6) is -0.904. The predicted molar refractivity (Wildman–Crippen MR) is 387 cm³/mol. The molecule has 0 aromatic carbocycles. The third kappa shape index (κ3) is 71.4. The molecule has 0 aliphatic carbocycles. The van der Waals surface area contributed by atoms with Crippen LogP contribution in [-0.4, -0.2) is 70.0 Å². The van der Waals surface area contributed by atoms with Crippen molar-refractivity contribution in [3.8, 4) is 0 Å². The Labute approximate surface area is 550 Å². The molecule has 0 aromatic heterocycles. The molecule has 9 nitrogen and oxygen atoms in total. The Morgan fingerprint density at radius 3 is 0.900 bits per heavy atom. The SMILES string of the molecule is CC/C=C\C/C=C\C/C=C\C/C=C\C/C=C\C/C=C\C/C=C\C/C=C\C/C=C\C/C=C\C/C=C\CCCCCC(=O)OC(COC(=O)CCCCCCCCC/C=C\C/C=C\C/C=C\C/C=C\C/C=C\C/C=C\C/C=C\CC)COP(=O)([O-])OCC[N+](C)(C)C. The van der Waals surface area contributed by atoms with E-state index >= 15 is 0 Å². The lowest BCUT2D eigenvalue weighted by atomic mass is 10.1. The predicted octanol–water partition coefficient (Wildman–Crippen LogP) is 22.2. The van der Waals surface area contributed by atoms with Gasteiger partial charge in [-0.15, -0.1) is 0 Å². The van der Waals surface area contributed by atoms with Gasteiger partial charge in [0.15, 0.2) is 6.10 Å². The molecule has 0 saturated carbocycles. The van der Waals surface area contributed by atoms with Crippen LogP contribution in [0.1, 0.15) is 219 Å². The summed E-state index contributed by atoms with van der Waals surface area (Å²) in [5, 5.41) is 0. The quantitative estimate of drug-likeness (QED) is 0.0195. The van der Waals surface area contributed by atoms with Crippen molar-refractivity contribution in [2.45, 2.75) is 225 Å². The molecule has 2 unspecified atom stereocenters. The zero-order chi connectivity index (χ0) is 65.5. The molecule has 502 valence electrons. The van der Waals surface area contributed by atoms with Crippen molar-refractivity contribution < 1.29 is 42.1 Å². The first-order valence-corrected chi connectivity index (χ1v) is 35.9. The Bertz CT molecular complexity index is 2320. The molecule has 0 rings (SSSR count). The van der Waals surface area contributed by atoms with Crippen LogP contribution >= 0.6 is 7.82 Å². The Morgan fingerprint density at radius 2 is 0.600 bits per heavy atom. The lowest BCUT2D eigenvalue weighted by Crippen LogP contribution is -2.37. The smallest absolute Gasteiger partial charge is 0.306 e. The summed E-state index contributed by atoms with van der Waals surface area (Å²) in [6, 6.07) is 0. The van der Waals surface area contributed by atoms with Crippen LogP contribution in [0, 0.1) is 0 Å². The van der Waals surface area contributed by atoms with Gasteiger partial charge in [0, 0.05) is 12.8 Å². The van der Waals surface area contributed by atoms with Gasteiger partial charge in [-0.25, -0.2) is 0 Å². The summed E-state index contributed by atoms with van der Waals surface area (Å²) in [7, 11) is 1.10. The van der Waals surface area contributed by atoms with Crippen LogP contribution in [0.3, 0.4) is 0 Å². The van der Waals surface area contributed by atoms with E-state index < -0.39 is 32.5 Å². The number of hydrogen-bond acceptors (Lipinski definition) is 8. The number of phosphoric acid groups is 1. The second-order valence-electron chi connectivity index (χ2n) is 23.1. The highest BCUT2D eigenvalue weighted by molar-refractivity contribution is 7.45. The molecule has 0 heterocycles. The molecule has 0 aromatic rings. The maximum absolute atomic E-state index is 12.9. The summed E-state index contributed by atoms with van der Waals surface area (Å²) in [5.41, 5.74) is 0. The zero-order valence-electron chi connectivity index (χ0n) is 57.0. The van der Waals surface area contributed by atoms with Crippen LogP contribution in [0.25, 0.3) is 0 Å². The average molecular weight is 1260 g/mol. The number of esters is 2. The van der Waals surface area contributed by atoms with Gasteiger partial charge in [-0.3, -0.25) is 14.2 Å². The number of allylic oxidation sites excluding steroid dienone is 36. The van der Waals surface area contributed by atoms with Gasteiger partial charge < -0.3 is 27.9 Å². The maximum Gasteiger partial charge on any atom is 0.306 e. The minimum Gasteiger partial charge on any atom is -0.756 e. The number of quaternary nitrogens is 1. The normalized spacial score (nSPS) is 14.5. The maximum atomic E-state index is 12.9. The van der Waals surface area contributed by atoms with Gasteiger partial charge in [0.25, 0.3) is 7.82 Å². The van der Waals surface area contributed by atoms with E-state index in [9.17, 15) is 19.0 Å². The minimum absolute atomic E-state index is 0.0529. The molecule has 0 N–H and O–H groups in total. The second kappa shape index (κ2) is 67.7. The molecule has 0 amide bonds. The summed E-state index contributed by atoms with van der Waals surface area (Å²) in [4.78, 5) is 38.0. The number of nitrogens with zero attached hydrogens (tertiary/aromatic N) is 1. The summed E-state index contributed by atoms with van der Waals surface area (Å²) in [6.07, 6.45) is 109. The number of carbonyl (C=O) groups excluding carboxylic acids is 2. The van der Waals surface area contributed by atoms with E-state index in [2.05, 4.69) is 233 Å². The van der Waals surface area contributed by atoms with E-state index in [1.807, 2.05) is 21.1 Å². The molecule has 2 atom stereocenters. The van der Waals surface area contributed by atoms with Crippen LogP contribution in [0.5, 0.6) is 0 Å². The first kappa shape index (κ1) is 84.3. The molecule has 0 bridgehead atoms. The number of hydrogen-bond donors (Lipinski definition) is 0. The van der Waals surface area contributed by atoms with Gasteiger partial charge in [0.05, 0.1) is 27.7 Å². The van der Waals surface area contributed by atoms with Crippen molar-refractivity contribution in [1.82, 2.24) is 0 Å². The van der Waals surface area contributed by atoms with Crippen molar-refractivity contribution in [1.29, 1.82) is 0 Å². The third-order valence-corrected chi connectivity index (χ3v) is 14.5. The van der Waals surface area contributed by atoms with Crippen LogP contribution in [0.4, 0.5) is 0 Å². The number of carbonyl (C=O) groups is 2. The highest BCUT2D eigenvalue weighted by Gasteiger charge is 2.22. The zero-order valence-corrected chi connectivity index (χ0v) is 57.9. The van der Waals surface area contributed by atoms with Crippen LogP contribution in [-0.2, 0) is 32.7 Å². The number of phosphoric ester groups is 1. The van der Waals surface area contributed by atoms with Crippen LogP contribution in [0.15, 0.2) is 219 Å². The Balaban J connectivity index is 4.27. The fourth-order valence-corrected chi connectivity index (χ4v) is 9.01. The number of likely N-dealkylation sites (N-methyl/N-ethyl adjacent to an activating group) is 1. The van der Waals surface area contributed by atoms with Crippen molar-refractivity contribution in [3.05, 3.63) is 219 Å². The summed E-state index contributed by atoms with van der Waals surface area (Å²) in [6.45, 7) is 3.92. The monoisotopic (exact) mass is 1260 g/mol. The Hall–Kier alpha value is -5.67. The molecule has 90 heavy (non-hydrogen) atoms. The molecule has 0 fully saturated rings. The molecule has 0 saturated heterocycles. The van der Waals surface area contributed by atoms with Crippen LogP contribution in [0.2, 0.25) is 0 Å². The van der Waals surface area contributed by atoms with Crippen molar-refractivity contribution >= 4 is 19.8 Å². The molecular formula is C80H124NO8P. The van der Waals surface area contributed by atoms with Gasteiger partial charge in [0.1, 0.15) is 19.8 Å². The van der Waals surface area contributed by atoms with Crippen molar-refractivity contribution in [3.63, 3.8) is 0 Å². The fourth-order valence-electron chi connectivity index (χ4n) is 8.29. The molecule has 10 heteroatoms. The van der Waals surface area contributed by atoms with Gasteiger partial charge in [-0.2, -0.15) is 0 Å². The van der Waals surface area contributed by atoms with E-state index in [1.165, 1.54) is 19.3 Å². The second-order valence-corrected chi connectivity index (χ2v) is 24.5. The summed E-state index contributed by atoms with van der Waals surface area (Å²) < 4.78 is 34.2. The van der Waals surface area contributed by atoms with Gasteiger partial charge in [0.2, 0.25) is 0 Å². The number of ether oxygens (including phenoxy) is 2. The van der Waals surface area contributed by atoms with Crippen LogP contribution < -0.4 is 4.89 Å². The lowest BCUT2D eigenvalue weighted by molar-refractivity contribution is -0.870. The minimum atomic E-state index is -4.67. The van der Waals surface area contributed by atoms with Gasteiger partial charge in [-0.1, -0.05) is 271 Å². The fraction of sp³-hybridized carbons (Fsp3) is 0.525. The first-order valence-electron chi connectivity index (χ1n) is 34.4. The Kier molecular flexibility index (Phi) is 63.4. The molecule has 0 spiro atoms. The van der Waals surface area contributed by atoms with E-state index in [0.717, 1.165) is 161 Å². The highest BCUT2D eigenvalue weighted by Crippen LogP contribution is 2.38. The summed E-state index contributed by atoms with van der Waals surface area (Å²) >= 11 is 0. The first-order chi connectivity index (χ1) is 44.0. The molecular weight excluding hydrogens is 1130 g/mol. The van der Waals surface area contributed by atoms with Gasteiger partial charge >= 0.3 is 11.9 Å². The average Bonchev–Trinajstić information content (AvgIpc) is 3.58. The highest BCUT2D eigenvalue weighted by atomic mass is 31.2. The van der Waals surface area contributed by atoms with Crippen molar-refractivity contribution in [2.24, 2.45) is 0 Å². The molecule has 0 radical (unpaired) electrons. The van der Waals surface area contributed by atoms with E-state index in [1.54, 1.807) is 0 Å². The third-order valence-electron chi connectivity index (χ3n) is 13.5. The van der Waals surface area contributed by atoms with Crippen molar-refractivity contribution in [2.75, 3.05) is 47.5 Å². The lowest BCUT2D eigenvalue weighted by Gasteiger charge is -2.28. The largest absolute Gasteiger partial charge is 0.756 e. The molecule has 0 aliphatic rings. The topological polar surface area (TPSA) is 111 Å². The van der Waals surface area contributed by atoms with E-state index in [0.29, 0.717) is 23.9 Å². The Morgan fingerprint density at radius 1 is 0.344 bits per heavy atom. The van der Waals surface area contributed by atoms with Gasteiger partial charge in [-0.05, 0) is 154 Å². The van der Waals surface area contributed by atoms with E-state index in [4.69, 9.17) is 18.5 Å². The number of rotatable bonds is 60. The van der Waals surface area contributed by atoms with E-state index in [-0.39, 0.29) is 26.1 Å².